The van der Waals surface area contributed by atoms with E-state index in [0.29, 0.717) is 26.8 Å². The van der Waals surface area contributed by atoms with Gasteiger partial charge in [-0.3, -0.25) is 4.72 Å². The van der Waals surface area contributed by atoms with Crippen LogP contribution in [0.15, 0.2) is 52.4 Å². The third-order valence-corrected chi connectivity index (χ3v) is 8.08. The standard InChI is InChI=1S/C24H22F5N5O2S2/c1-12(2)23-33-20(21(37-23)17-8-9-30-24(32-17)31-11-19(28)29)13-6-7-14(25)18(10-13)34-38(35,36)22-15(26)4-3-5-16(22)27/h3-8,10,12,19,34H,9,11H2,1-2H3,(H2,30,31,32). The highest BCUT2D eigenvalue weighted by Gasteiger charge is 2.26. The molecule has 0 unspecified atom stereocenters. The van der Waals surface area contributed by atoms with E-state index < -0.39 is 51.0 Å². The van der Waals surface area contributed by atoms with Crippen LogP contribution >= 0.6 is 11.3 Å². The Morgan fingerprint density at radius 2 is 1.79 bits per heavy atom. The summed E-state index contributed by atoms with van der Waals surface area (Å²) in [5, 5.41) is 6.19. The van der Waals surface area contributed by atoms with E-state index in [-0.39, 0.29) is 18.4 Å². The van der Waals surface area contributed by atoms with Gasteiger partial charge in [0.1, 0.15) is 17.5 Å². The molecule has 1 aliphatic rings. The van der Waals surface area contributed by atoms with Crippen molar-refractivity contribution >= 4 is 38.7 Å². The van der Waals surface area contributed by atoms with E-state index in [9.17, 15) is 30.4 Å². The first-order valence-electron chi connectivity index (χ1n) is 11.3. The van der Waals surface area contributed by atoms with Gasteiger partial charge in [-0.2, -0.15) is 0 Å². The zero-order chi connectivity index (χ0) is 27.6. The first kappa shape index (κ1) is 27.5. The molecule has 7 nitrogen and oxygen atoms in total. The number of hydrogen-bond acceptors (Lipinski definition) is 7. The summed E-state index contributed by atoms with van der Waals surface area (Å²) < 4.78 is 95.6. The van der Waals surface area contributed by atoms with E-state index in [2.05, 4.69) is 20.6 Å². The Morgan fingerprint density at radius 3 is 2.45 bits per heavy atom. The lowest BCUT2D eigenvalue weighted by molar-refractivity contribution is 0.152. The number of sulfonamides is 1. The number of aromatic nitrogens is 1. The molecule has 0 aliphatic carbocycles. The number of hydrogen-bond donors (Lipinski definition) is 3. The van der Waals surface area contributed by atoms with Crippen LogP contribution in [0.5, 0.6) is 0 Å². The van der Waals surface area contributed by atoms with Crippen LogP contribution in [-0.2, 0) is 10.0 Å². The average molecular weight is 572 g/mol. The first-order chi connectivity index (χ1) is 18.0. The topological polar surface area (TPSA) is 95.5 Å². The Balaban J connectivity index is 1.71. The zero-order valence-corrected chi connectivity index (χ0v) is 21.7. The maximum Gasteiger partial charge on any atom is 0.267 e. The van der Waals surface area contributed by atoms with Gasteiger partial charge in [0.25, 0.3) is 16.4 Å². The van der Waals surface area contributed by atoms with Gasteiger partial charge in [0.05, 0.1) is 40.1 Å². The lowest BCUT2D eigenvalue weighted by Gasteiger charge is -2.18. The molecule has 4 rings (SSSR count). The van der Waals surface area contributed by atoms with Crippen molar-refractivity contribution in [1.29, 1.82) is 0 Å². The summed E-state index contributed by atoms with van der Waals surface area (Å²) in [4.78, 5) is 8.11. The third-order valence-electron chi connectivity index (χ3n) is 5.28. The number of aliphatic imine (C=N–C) groups is 1. The number of thiazole rings is 1. The van der Waals surface area contributed by atoms with Gasteiger partial charge in [0, 0.05) is 11.5 Å². The van der Waals surface area contributed by atoms with Crippen LogP contribution < -0.4 is 15.4 Å². The Kier molecular flexibility index (Phi) is 8.02. The highest BCUT2D eigenvalue weighted by molar-refractivity contribution is 7.92. The minimum absolute atomic E-state index is 0.00393. The van der Waals surface area contributed by atoms with Crippen molar-refractivity contribution in [2.45, 2.75) is 31.1 Å². The van der Waals surface area contributed by atoms with Crippen molar-refractivity contribution < 1.29 is 30.4 Å². The molecule has 0 fully saturated rings. The average Bonchev–Trinajstić information content (AvgIpc) is 3.30. The lowest BCUT2D eigenvalue weighted by atomic mass is 10.1. The zero-order valence-electron chi connectivity index (χ0n) is 20.0. The lowest BCUT2D eigenvalue weighted by Crippen LogP contribution is -2.40. The van der Waals surface area contributed by atoms with Gasteiger partial charge in [0.2, 0.25) is 0 Å². The molecule has 14 heteroatoms. The number of benzene rings is 2. The van der Waals surface area contributed by atoms with E-state index in [0.717, 1.165) is 24.3 Å². The van der Waals surface area contributed by atoms with E-state index >= 15 is 0 Å². The van der Waals surface area contributed by atoms with Crippen LogP contribution in [0.3, 0.4) is 0 Å². The fourth-order valence-electron chi connectivity index (χ4n) is 3.52. The summed E-state index contributed by atoms with van der Waals surface area (Å²) in [6.07, 6.45) is -0.859. The van der Waals surface area contributed by atoms with Crippen molar-refractivity contribution in [3.8, 4) is 11.3 Å². The fraction of sp³-hybridized carbons (Fsp3) is 0.250. The number of nitrogens with one attached hydrogen (secondary N) is 3. The number of anilines is 1. The van der Waals surface area contributed by atoms with Gasteiger partial charge in [-0.05, 0) is 36.4 Å². The highest BCUT2D eigenvalue weighted by atomic mass is 32.2. The minimum Gasteiger partial charge on any atom is -0.350 e. The number of rotatable bonds is 8. The largest absolute Gasteiger partial charge is 0.350 e. The van der Waals surface area contributed by atoms with E-state index in [1.54, 1.807) is 6.08 Å². The van der Waals surface area contributed by atoms with Crippen LogP contribution in [0.4, 0.5) is 27.6 Å². The summed E-state index contributed by atoms with van der Waals surface area (Å²) in [7, 11) is -4.82. The van der Waals surface area contributed by atoms with Gasteiger partial charge < -0.3 is 10.6 Å². The van der Waals surface area contributed by atoms with Crippen LogP contribution in [0, 0.1) is 17.5 Å². The van der Waals surface area contributed by atoms with Crippen LogP contribution in [0.1, 0.15) is 29.7 Å². The van der Waals surface area contributed by atoms with Crippen molar-refractivity contribution in [2.75, 3.05) is 17.8 Å². The molecule has 0 saturated carbocycles. The molecule has 3 aromatic rings. The van der Waals surface area contributed by atoms with Gasteiger partial charge in [-0.15, -0.1) is 11.3 Å². The molecular formula is C24H22F5N5O2S2. The number of halogens is 5. The Hall–Kier alpha value is -3.52. The molecule has 1 aromatic heterocycles. The van der Waals surface area contributed by atoms with Gasteiger partial charge >= 0.3 is 0 Å². The third kappa shape index (κ3) is 5.96. The van der Waals surface area contributed by atoms with E-state index in [1.807, 2.05) is 18.6 Å². The first-order valence-corrected chi connectivity index (χ1v) is 13.6. The number of nitrogens with zero attached hydrogens (tertiary/aromatic N) is 2. The highest BCUT2D eigenvalue weighted by Crippen LogP contribution is 2.37. The van der Waals surface area contributed by atoms with Gasteiger partial charge in [-0.25, -0.2) is 40.3 Å². The summed E-state index contributed by atoms with van der Waals surface area (Å²) in [6, 6.07) is 6.11. The molecule has 3 N–H and O–H groups in total. The Morgan fingerprint density at radius 1 is 1.08 bits per heavy atom. The minimum atomic E-state index is -4.82. The molecule has 0 saturated heterocycles. The summed E-state index contributed by atoms with van der Waals surface area (Å²) in [5.41, 5.74) is 0.659. The Labute approximate surface area is 219 Å². The summed E-state index contributed by atoms with van der Waals surface area (Å²) >= 11 is 1.31. The maximum atomic E-state index is 14.7. The van der Waals surface area contributed by atoms with Crippen molar-refractivity contribution in [2.24, 2.45) is 4.99 Å². The second-order valence-corrected chi connectivity index (χ2v) is 11.1. The molecule has 1 aliphatic heterocycles. The van der Waals surface area contributed by atoms with Gasteiger partial charge in [0.15, 0.2) is 10.9 Å². The van der Waals surface area contributed by atoms with Crippen LogP contribution in [-0.4, -0.2) is 38.9 Å². The number of alkyl halides is 2. The second kappa shape index (κ2) is 11.1. The maximum absolute atomic E-state index is 14.7. The van der Waals surface area contributed by atoms with E-state index in [4.69, 9.17) is 0 Å². The van der Waals surface area contributed by atoms with Crippen molar-refractivity contribution in [1.82, 2.24) is 15.6 Å². The van der Waals surface area contributed by atoms with Crippen LogP contribution in [0.25, 0.3) is 17.0 Å². The molecular weight excluding hydrogens is 549 g/mol. The second-order valence-electron chi connectivity index (χ2n) is 8.44. The molecule has 0 radical (unpaired) electrons. The van der Waals surface area contributed by atoms with E-state index in [1.165, 1.54) is 23.5 Å². The van der Waals surface area contributed by atoms with Crippen molar-refractivity contribution in [3.05, 3.63) is 69.8 Å². The SMILES string of the molecule is CC(C)c1nc(-c2ccc(F)c(NS(=O)(=O)c3c(F)cccc3F)c2)c(C2=CCN=C(NCC(F)F)N2)s1. The summed E-state index contributed by atoms with van der Waals surface area (Å²) in [6.45, 7) is 3.43. The van der Waals surface area contributed by atoms with Crippen molar-refractivity contribution in [3.63, 3.8) is 0 Å². The molecule has 0 spiro atoms. The van der Waals surface area contributed by atoms with Gasteiger partial charge in [-0.1, -0.05) is 19.9 Å². The quantitative estimate of drug-likeness (QED) is 0.319. The monoisotopic (exact) mass is 571 g/mol. The molecule has 202 valence electrons. The molecule has 0 bridgehead atoms. The molecule has 38 heavy (non-hydrogen) atoms. The molecule has 2 heterocycles. The predicted octanol–water partition coefficient (Wildman–Crippen LogP) is 5.31. The Bertz CT molecular complexity index is 1500. The number of guanidine groups is 1. The molecule has 0 amide bonds. The fourth-order valence-corrected chi connectivity index (χ4v) is 5.80. The summed E-state index contributed by atoms with van der Waals surface area (Å²) in [5.74, 6) is -3.48. The normalized spacial score (nSPS) is 13.8. The smallest absolute Gasteiger partial charge is 0.267 e. The molecule has 2 aromatic carbocycles. The van der Waals surface area contributed by atoms with Crippen LogP contribution in [0.2, 0.25) is 0 Å². The molecule has 0 atom stereocenters. The predicted molar refractivity (Wildman–Crippen MR) is 136 cm³/mol.